The van der Waals surface area contributed by atoms with Crippen LogP contribution >= 0.6 is 0 Å². The summed E-state index contributed by atoms with van der Waals surface area (Å²) < 4.78 is 18.0. The first-order valence-corrected chi connectivity index (χ1v) is 12.9. The van der Waals surface area contributed by atoms with E-state index in [4.69, 9.17) is 14.2 Å². The standard InChI is InChI=1S/C28H36N4O3/c1-32-14-12-20(13-15-32)18-34-27-17-25-24(16-26(27)33-2)28(30-19-29-25)31-21-8-10-23(11-9-21)35-22-6-4-3-5-7-22/h8-11,16-17,19-20,22H,3-7,12-15,18H2,1-2H3,(H,29,30,31). The number of aromatic nitrogens is 2. The van der Waals surface area contributed by atoms with Gasteiger partial charge in [0.05, 0.1) is 25.3 Å². The second kappa shape index (κ2) is 11.1. The first kappa shape index (κ1) is 23.7. The van der Waals surface area contributed by atoms with E-state index in [1.54, 1.807) is 13.4 Å². The molecule has 2 aromatic carbocycles. The number of benzene rings is 2. The van der Waals surface area contributed by atoms with Crippen molar-refractivity contribution in [2.75, 3.05) is 39.2 Å². The van der Waals surface area contributed by atoms with Crippen LogP contribution in [0.4, 0.5) is 11.5 Å². The van der Waals surface area contributed by atoms with Gasteiger partial charge in [0, 0.05) is 17.1 Å². The SMILES string of the molecule is COc1cc2c(Nc3ccc(OC4CCCCC4)cc3)ncnc2cc1OCC1CCN(C)CC1. The molecule has 0 radical (unpaired) electrons. The van der Waals surface area contributed by atoms with E-state index in [1.807, 2.05) is 36.4 Å². The first-order chi connectivity index (χ1) is 17.2. The number of nitrogens with zero attached hydrogens (tertiary/aromatic N) is 3. The molecule has 0 bridgehead atoms. The van der Waals surface area contributed by atoms with Gasteiger partial charge in [0.15, 0.2) is 11.5 Å². The maximum atomic E-state index is 6.21. The lowest BCUT2D eigenvalue weighted by Crippen LogP contribution is -2.32. The number of nitrogens with one attached hydrogen (secondary N) is 1. The summed E-state index contributed by atoms with van der Waals surface area (Å²) in [6, 6.07) is 12.0. The molecule has 0 atom stereocenters. The van der Waals surface area contributed by atoms with E-state index in [0.29, 0.717) is 24.4 Å². The smallest absolute Gasteiger partial charge is 0.163 e. The molecule has 2 fully saturated rings. The van der Waals surface area contributed by atoms with Crippen molar-refractivity contribution in [2.24, 2.45) is 5.92 Å². The fraction of sp³-hybridized carbons (Fsp3) is 0.500. The zero-order valence-electron chi connectivity index (χ0n) is 20.8. The molecule has 7 nitrogen and oxygen atoms in total. The molecular formula is C28H36N4O3. The minimum absolute atomic E-state index is 0.344. The summed E-state index contributed by atoms with van der Waals surface area (Å²) in [5.41, 5.74) is 1.77. The van der Waals surface area contributed by atoms with Crippen LogP contribution in [0.25, 0.3) is 10.9 Å². The molecule has 2 aliphatic rings. The predicted octanol–water partition coefficient (Wildman–Crippen LogP) is 5.81. The molecule has 1 aromatic heterocycles. The van der Waals surface area contributed by atoms with Gasteiger partial charge in [-0.2, -0.15) is 0 Å². The lowest BCUT2D eigenvalue weighted by Gasteiger charge is -2.28. The first-order valence-electron chi connectivity index (χ1n) is 12.9. The fourth-order valence-electron chi connectivity index (χ4n) is 5.00. The van der Waals surface area contributed by atoms with Gasteiger partial charge in [-0.1, -0.05) is 6.42 Å². The van der Waals surface area contributed by atoms with Crippen molar-refractivity contribution >= 4 is 22.4 Å². The monoisotopic (exact) mass is 476 g/mol. The average Bonchev–Trinajstić information content (AvgIpc) is 2.90. The van der Waals surface area contributed by atoms with Crippen molar-refractivity contribution in [3.05, 3.63) is 42.7 Å². The Kier molecular flexibility index (Phi) is 7.52. The Hall–Kier alpha value is -3.06. The zero-order valence-corrected chi connectivity index (χ0v) is 20.8. The third-order valence-corrected chi connectivity index (χ3v) is 7.21. The van der Waals surface area contributed by atoms with Crippen molar-refractivity contribution in [3.63, 3.8) is 0 Å². The summed E-state index contributed by atoms with van der Waals surface area (Å²) in [4.78, 5) is 11.4. The van der Waals surface area contributed by atoms with Crippen LogP contribution in [0.2, 0.25) is 0 Å². The van der Waals surface area contributed by atoms with Crippen LogP contribution in [0.15, 0.2) is 42.7 Å². The Morgan fingerprint density at radius 3 is 2.46 bits per heavy atom. The molecule has 1 saturated heterocycles. The van der Waals surface area contributed by atoms with E-state index >= 15 is 0 Å². The second-order valence-electron chi connectivity index (χ2n) is 9.83. The summed E-state index contributed by atoms with van der Waals surface area (Å²) in [5, 5.41) is 4.32. The fourth-order valence-corrected chi connectivity index (χ4v) is 5.00. The molecule has 7 heteroatoms. The average molecular weight is 477 g/mol. The Labute approximate surface area is 207 Å². The van der Waals surface area contributed by atoms with Crippen molar-refractivity contribution in [3.8, 4) is 17.2 Å². The molecule has 186 valence electrons. The Balaban J connectivity index is 1.28. The van der Waals surface area contributed by atoms with E-state index < -0.39 is 0 Å². The second-order valence-corrected chi connectivity index (χ2v) is 9.83. The number of hydrogen-bond acceptors (Lipinski definition) is 7. The molecule has 1 aliphatic carbocycles. The number of likely N-dealkylation sites (tertiary alicyclic amines) is 1. The largest absolute Gasteiger partial charge is 0.493 e. The Morgan fingerprint density at radius 1 is 0.943 bits per heavy atom. The number of anilines is 2. The Morgan fingerprint density at radius 2 is 1.71 bits per heavy atom. The van der Waals surface area contributed by atoms with Crippen LogP contribution in [-0.2, 0) is 0 Å². The van der Waals surface area contributed by atoms with Gasteiger partial charge in [-0.25, -0.2) is 9.97 Å². The van der Waals surface area contributed by atoms with E-state index in [0.717, 1.165) is 72.7 Å². The number of methoxy groups -OCH3 is 1. The van der Waals surface area contributed by atoms with Crippen molar-refractivity contribution in [1.29, 1.82) is 0 Å². The van der Waals surface area contributed by atoms with Crippen LogP contribution in [0, 0.1) is 5.92 Å². The molecular weight excluding hydrogens is 440 g/mol. The number of piperidine rings is 1. The summed E-state index contributed by atoms with van der Waals surface area (Å²) in [7, 11) is 3.85. The number of hydrogen-bond donors (Lipinski definition) is 1. The summed E-state index contributed by atoms with van der Waals surface area (Å²) in [5.74, 6) is 3.64. The van der Waals surface area contributed by atoms with Gasteiger partial charge in [0.25, 0.3) is 0 Å². The number of rotatable bonds is 8. The van der Waals surface area contributed by atoms with Gasteiger partial charge in [0.2, 0.25) is 0 Å². The molecule has 2 heterocycles. The van der Waals surface area contributed by atoms with Crippen LogP contribution in [0.1, 0.15) is 44.9 Å². The highest BCUT2D eigenvalue weighted by Crippen LogP contribution is 2.35. The normalized spacial score (nSPS) is 17.9. The van der Waals surface area contributed by atoms with Gasteiger partial charge in [-0.15, -0.1) is 0 Å². The molecule has 0 unspecified atom stereocenters. The molecule has 0 spiro atoms. The highest BCUT2D eigenvalue weighted by molar-refractivity contribution is 5.93. The summed E-state index contributed by atoms with van der Waals surface area (Å²) in [6.45, 7) is 2.94. The van der Waals surface area contributed by atoms with Crippen LogP contribution in [-0.4, -0.2) is 54.8 Å². The summed E-state index contributed by atoms with van der Waals surface area (Å²) in [6.07, 6.45) is 10.4. The van der Waals surface area contributed by atoms with Crippen LogP contribution in [0.3, 0.4) is 0 Å². The molecule has 35 heavy (non-hydrogen) atoms. The predicted molar refractivity (Wildman–Crippen MR) is 139 cm³/mol. The van der Waals surface area contributed by atoms with E-state index in [1.165, 1.54) is 19.3 Å². The minimum Gasteiger partial charge on any atom is -0.493 e. The van der Waals surface area contributed by atoms with Crippen molar-refractivity contribution < 1.29 is 14.2 Å². The Bertz CT molecular complexity index is 1110. The van der Waals surface area contributed by atoms with Gasteiger partial charge < -0.3 is 24.4 Å². The molecule has 5 rings (SSSR count). The maximum absolute atomic E-state index is 6.21. The minimum atomic E-state index is 0.344. The lowest BCUT2D eigenvalue weighted by molar-refractivity contribution is 0.155. The van der Waals surface area contributed by atoms with Crippen LogP contribution in [0.5, 0.6) is 17.2 Å². The highest BCUT2D eigenvalue weighted by Gasteiger charge is 2.19. The molecule has 1 N–H and O–H groups in total. The highest BCUT2D eigenvalue weighted by atomic mass is 16.5. The van der Waals surface area contributed by atoms with E-state index in [2.05, 4.69) is 27.2 Å². The van der Waals surface area contributed by atoms with Crippen molar-refractivity contribution in [2.45, 2.75) is 51.0 Å². The van der Waals surface area contributed by atoms with Crippen molar-refractivity contribution in [1.82, 2.24) is 14.9 Å². The van der Waals surface area contributed by atoms with Crippen LogP contribution < -0.4 is 19.5 Å². The third kappa shape index (κ3) is 5.96. The zero-order chi connectivity index (χ0) is 24.0. The van der Waals surface area contributed by atoms with E-state index in [9.17, 15) is 0 Å². The third-order valence-electron chi connectivity index (χ3n) is 7.21. The van der Waals surface area contributed by atoms with E-state index in [-0.39, 0.29) is 0 Å². The van der Waals surface area contributed by atoms with Gasteiger partial charge in [-0.05, 0) is 94.9 Å². The molecule has 3 aromatic rings. The quantitative estimate of drug-likeness (QED) is 0.440. The molecule has 1 saturated carbocycles. The number of ether oxygens (including phenoxy) is 3. The van der Waals surface area contributed by atoms with Gasteiger partial charge in [0.1, 0.15) is 17.9 Å². The summed E-state index contributed by atoms with van der Waals surface area (Å²) >= 11 is 0. The lowest BCUT2D eigenvalue weighted by atomic mass is 9.98. The van der Waals surface area contributed by atoms with Gasteiger partial charge >= 0.3 is 0 Å². The maximum Gasteiger partial charge on any atom is 0.163 e. The number of fused-ring (bicyclic) bond motifs is 1. The topological polar surface area (TPSA) is 68.7 Å². The van der Waals surface area contributed by atoms with Gasteiger partial charge in [-0.3, -0.25) is 0 Å². The molecule has 0 amide bonds. The molecule has 1 aliphatic heterocycles.